The lowest BCUT2D eigenvalue weighted by molar-refractivity contribution is -0.132. The molecule has 1 heterocycles. The lowest BCUT2D eigenvalue weighted by atomic mass is 9.79. The Morgan fingerprint density at radius 1 is 1.40 bits per heavy atom. The number of carbonyl (C=O) groups excluding carboxylic acids is 1. The number of carbonyl (C=O) groups is 1. The molecule has 1 aliphatic carbocycles. The number of rotatable bonds is 5. The van der Waals surface area contributed by atoms with E-state index in [-0.39, 0.29) is 17.4 Å². The number of nitrogens with one attached hydrogen (secondary N) is 1. The Labute approximate surface area is 125 Å². The van der Waals surface area contributed by atoms with Gasteiger partial charge in [-0.15, -0.1) is 11.3 Å². The Hall–Kier alpha value is -0.870. The van der Waals surface area contributed by atoms with Crippen LogP contribution in [0.25, 0.3) is 0 Å². The molecule has 20 heavy (non-hydrogen) atoms. The Balaban J connectivity index is 1.94. The van der Waals surface area contributed by atoms with Crippen molar-refractivity contribution in [2.24, 2.45) is 11.1 Å². The zero-order valence-corrected chi connectivity index (χ0v) is 13.2. The van der Waals surface area contributed by atoms with Gasteiger partial charge in [-0.2, -0.15) is 0 Å². The van der Waals surface area contributed by atoms with E-state index in [9.17, 15) is 4.79 Å². The first kappa shape index (κ1) is 15.5. The van der Waals surface area contributed by atoms with Crippen LogP contribution in [-0.2, 0) is 11.2 Å². The Morgan fingerprint density at radius 2 is 2.10 bits per heavy atom. The molecule has 0 radical (unpaired) electrons. The van der Waals surface area contributed by atoms with Gasteiger partial charge in [-0.1, -0.05) is 31.7 Å². The normalized spacial score (nSPS) is 20.1. The minimum Gasteiger partial charge on any atom is -0.353 e. The fraction of sp³-hybridized carbons (Fsp3) is 0.688. The highest BCUT2D eigenvalue weighted by atomic mass is 32.1. The number of amides is 1. The first-order chi connectivity index (χ1) is 9.66. The minimum atomic E-state index is -0.319. The second kappa shape index (κ2) is 7.23. The highest BCUT2D eigenvalue weighted by Crippen LogP contribution is 2.34. The van der Waals surface area contributed by atoms with Crippen LogP contribution in [0.15, 0.2) is 17.5 Å². The van der Waals surface area contributed by atoms with Gasteiger partial charge in [-0.25, -0.2) is 0 Å². The third-order valence-corrected chi connectivity index (χ3v) is 5.30. The van der Waals surface area contributed by atoms with Gasteiger partial charge >= 0.3 is 0 Å². The van der Waals surface area contributed by atoms with Crippen molar-refractivity contribution >= 4 is 17.2 Å². The maximum atomic E-state index is 12.7. The van der Waals surface area contributed by atoms with Gasteiger partial charge in [-0.05, 0) is 31.2 Å². The number of nitrogens with two attached hydrogens (primary N) is 1. The molecule has 2 rings (SSSR count). The quantitative estimate of drug-likeness (QED) is 0.820. The van der Waals surface area contributed by atoms with Gasteiger partial charge in [0.05, 0.1) is 5.41 Å². The average Bonchev–Trinajstić information content (AvgIpc) is 2.80. The molecule has 1 amide bonds. The molecule has 112 valence electrons. The van der Waals surface area contributed by atoms with E-state index in [1.54, 1.807) is 11.3 Å². The summed E-state index contributed by atoms with van der Waals surface area (Å²) in [5.74, 6) is 0.172. The molecule has 1 saturated carbocycles. The SMILES string of the molecule is CC(Cc1cccs1)NC(=O)C1(CN)CCCCCC1. The zero-order valence-electron chi connectivity index (χ0n) is 12.4. The first-order valence-corrected chi connectivity index (χ1v) is 8.58. The van der Waals surface area contributed by atoms with Crippen molar-refractivity contribution in [3.8, 4) is 0 Å². The van der Waals surface area contributed by atoms with Crippen molar-refractivity contribution in [2.75, 3.05) is 6.54 Å². The van der Waals surface area contributed by atoms with Crippen molar-refractivity contribution in [2.45, 2.75) is 57.9 Å². The van der Waals surface area contributed by atoms with Crippen LogP contribution in [0.4, 0.5) is 0 Å². The fourth-order valence-electron chi connectivity index (χ4n) is 3.09. The fourth-order valence-corrected chi connectivity index (χ4v) is 3.92. The van der Waals surface area contributed by atoms with Crippen LogP contribution in [0.3, 0.4) is 0 Å². The molecule has 4 heteroatoms. The van der Waals surface area contributed by atoms with Crippen molar-refractivity contribution in [3.63, 3.8) is 0 Å². The largest absolute Gasteiger partial charge is 0.353 e. The summed E-state index contributed by atoms with van der Waals surface area (Å²) in [7, 11) is 0. The van der Waals surface area contributed by atoms with E-state index < -0.39 is 0 Å². The summed E-state index contributed by atoms with van der Waals surface area (Å²) in [5, 5.41) is 5.28. The summed E-state index contributed by atoms with van der Waals surface area (Å²) in [5.41, 5.74) is 5.64. The molecule has 3 N–H and O–H groups in total. The molecule has 1 aromatic heterocycles. The highest BCUT2D eigenvalue weighted by Gasteiger charge is 2.37. The van der Waals surface area contributed by atoms with E-state index >= 15 is 0 Å². The lowest BCUT2D eigenvalue weighted by Gasteiger charge is -2.31. The van der Waals surface area contributed by atoms with Crippen LogP contribution >= 0.6 is 11.3 Å². The second-order valence-corrected chi connectivity index (χ2v) is 7.09. The van der Waals surface area contributed by atoms with E-state index in [0.29, 0.717) is 6.54 Å². The van der Waals surface area contributed by atoms with Crippen LogP contribution in [0.1, 0.15) is 50.3 Å². The summed E-state index contributed by atoms with van der Waals surface area (Å²) < 4.78 is 0. The molecule has 1 atom stereocenters. The summed E-state index contributed by atoms with van der Waals surface area (Å²) in [4.78, 5) is 14.0. The van der Waals surface area contributed by atoms with Gasteiger partial charge < -0.3 is 11.1 Å². The standard InChI is InChI=1S/C16H26N2OS/c1-13(11-14-7-6-10-20-14)18-15(19)16(12-17)8-4-2-3-5-9-16/h6-7,10,13H,2-5,8-9,11-12,17H2,1H3,(H,18,19). The van der Waals surface area contributed by atoms with Crippen molar-refractivity contribution in [1.29, 1.82) is 0 Å². The van der Waals surface area contributed by atoms with E-state index in [0.717, 1.165) is 32.1 Å². The molecule has 0 saturated heterocycles. The molecule has 0 aliphatic heterocycles. The summed E-state index contributed by atoms with van der Waals surface area (Å²) >= 11 is 1.75. The molecular formula is C16H26N2OS. The molecule has 0 aromatic carbocycles. The number of hydrogen-bond donors (Lipinski definition) is 2. The van der Waals surface area contributed by atoms with Crippen LogP contribution < -0.4 is 11.1 Å². The van der Waals surface area contributed by atoms with Gasteiger partial charge in [-0.3, -0.25) is 4.79 Å². The van der Waals surface area contributed by atoms with Gasteiger partial charge in [0, 0.05) is 23.9 Å². The Bertz CT molecular complexity index is 408. The monoisotopic (exact) mass is 294 g/mol. The molecule has 1 fully saturated rings. The van der Waals surface area contributed by atoms with Gasteiger partial charge in [0.25, 0.3) is 0 Å². The summed E-state index contributed by atoms with van der Waals surface area (Å²) in [6, 6.07) is 4.35. The Kier molecular flexibility index (Phi) is 5.61. The molecular weight excluding hydrogens is 268 g/mol. The molecule has 0 bridgehead atoms. The van der Waals surface area contributed by atoms with E-state index in [4.69, 9.17) is 5.73 Å². The van der Waals surface area contributed by atoms with E-state index in [2.05, 4.69) is 29.8 Å². The van der Waals surface area contributed by atoms with Crippen molar-refractivity contribution < 1.29 is 4.79 Å². The van der Waals surface area contributed by atoms with Crippen LogP contribution in [0, 0.1) is 5.41 Å². The zero-order chi connectivity index (χ0) is 14.4. The lowest BCUT2D eigenvalue weighted by Crippen LogP contribution is -2.48. The van der Waals surface area contributed by atoms with Crippen LogP contribution in [-0.4, -0.2) is 18.5 Å². The predicted octanol–water partition coefficient (Wildman–Crippen LogP) is 3.09. The molecule has 0 spiro atoms. The molecule has 1 aromatic rings. The van der Waals surface area contributed by atoms with Gasteiger partial charge in [0.15, 0.2) is 0 Å². The van der Waals surface area contributed by atoms with E-state index in [1.165, 1.54) is 17.7 Å². The molecule has 1 unspecified atom stereocenters. The van der Waals surface area contributed by atoms with Crippen LogP contribution in [0.2, 0.25) is 0 Å². The van der Waals surface area contributed by atoms with Crippen LogP contribution in [0.5, 0.6) is 0 Å². The third-order valence-electron chi connectivity index (χ3n) is 4.40. The van der Waals surface area contributed by atoms with Crippen molar-refractivity contribution in [3.05, 3.63) is 22.4 Å². The first-order valence-electron chi connectivity index (χ1n) is 7.70. The van der Waals surface area contributed by atoms with Gasteiger partial charge in [0.1, 0.15) is 0 Å². The smallest absolute Gasteiger partial charge is 0.227 e. The maximum Gasteiger partial charge on any atom is 0.227 e. The summed E-state index contributed by atoms with van der Waals surface area (Å²) in [6.45, 7) is 2.56. The summed E-state index contributed by atoms with van der Waals surface area (Å²) in [6.07, 6.45) is 7.53. The second-order valence-electron chi connectivity index (χ2n) is 6.06. The molecule has 1 aliphatic rings. The van der Waals surface area contributed by atoms with Gasteiger partial charge in [0.2, 0.25) is 5.91 Å². The minimum absolute atomic E-state index is 0.172. The number of thiophene rings is 1. The topological polar surface area (TPSA) is 55.1 Å². The predicted molar refractivity (Wildman–Crippen MR) is 84.8 cm³/mol. The Morgan fingerprint density at radius 3 is 2.65 bits per heavy atom. The third kappa shape index (κ3) is 3.83. The number of hydrogen-bond acceptors (Lipinski definition) is 3. The highest BCUT2D eigenvalue weighted by molar-refractivity contribution is 7.09. The molecule has 3 nitrogen and oxygen atoms in total. The van der Waals surface area contributed by atoms with Crippen molar-refractivity contribution in [1.82, 2.24) is 5.32 Å². The van der Waals surface area contributed by atoms with E-state index in [1.807, 2.05) is 0 Å². The average molecular weight is 294 g/mol. The maximum absolute atomic E-state index is 12.7.